The molecule has 0 bridgehead atoms. The molecule has 2 fully saturated rings. The fourth-order valence-electron chi connectivity index (χ4n) is 3.56. The molecule has 3 rings (SSSR count). The van der Waals surface area contributed by atoms with Crippen molar-refractivity contribution in [2.45, 2.75) is 38.9 Å². The molecule has 1 aromatic rings. The highest BCUT2D eigenvalue weighted by Crippen LogP contribution is 2.22. The predicted octanol–water partition coefficient (Wildman–Crippen LogP) is 2.08. The summed E-state index contributed by atoms with van der Waals surface area (Å²) in [7, 11) is 0. The van der Waals surface area contributed by atoms with Crippen LogP contribution < -0.4 is 5.32 Å². The van der Waals surface area contributed by atoms with Gasteiger partial charge in [0.2, 0.25) is 0 Å². The van der Waals surface area contributed by atoms with E-state index in [4.69, 9.17) is 0 Å². The fourth-order valence-corrected chi connectivity index (χ4v) is 3.56. The molecule has 0 saturated carbocycles. The van der Waals surface area contributed by atoms with Crippen molar-refractivity contribution in [2.75, 3.05) is 32.7 Å². The molecule has 0 spiro atoms. The minimum Gasteiger partial charge on any atom is -0.313 e. The van der Waals surface area contributed by atoms with Crippen molar-refractivity contribution >= 4 is 0 Å². The number of hydrogen-bond acceptors (Lipinski definition) is 3. The van der Waals surface area contributed by atoms with Crippen LogP contribution >= 0.6 is 0 Å². The maximum absolute atomic E-state index is 3.41. The largest absolute Gasteiger partial charge is 0.313 e. The van der Waals surface area contributed by atoms with Crippen LogP contribution in [0.15, 0.2) is 24.3 Å². The second-order valence-corrected chi connectivity index (χ2v) is 6.17. The van der Waals surface area contributed by atoms with Gasteiger partial charge in [-0.15, -0.1) is 0 Å². The van der Waals surface area contributed by atoms with Gasteiger partial charge >= 0.3 is 0 Å². The van der Waals surface area contributed by atoms with Gasteiger partial charge in [0.05, 0.1) is 0 Å². The summed E-state index contributed by atoms with van der Waals surface area (Å²) < 4.78 is 0. The Morgan fingerprint density at radius 3 is 3.00 bits per heavy atom. The van der Waals surface area contributed by atoms with Crippen molar-refractivity contribution in [3.05, 3.63) is 35.4 Å². The van der Waals surface area contributed by atoms with Crippen molar-refractivity contribution in [3.8, 4) is 0 Å². The van der Waals surface area contributed by atoms with Gasteiger partial charge in [0.15, 0.2) is 0 Å². The molecule has 2 aliphatic rings. The predicted molar refractivity (Wildman–Crippen MR) is 83.7 cm³/mol. The average molecular weight is 273 g/mol. The Hall–Kier alpha value is -0.900. The summed E-state index contributed by atoms with van der Waals surface area (Å²) in [6, 6.07) is 9.89. The third kappa shape index (κ3) is 3.40. The molecule has 20 heavy (non-hydrogen) atoms. The van der Waals surface area contributed by atoms with Crippen molar-refractivity contribution in [1.82, 2.24) is 15.1 Å². The summed E-state index contributed by atoms with van der Waals surface area (Å²) in [5.74, 6) is 0. The standard InChI is InChI=1S/C17H27N3/c1-2-18-12-15-5-3-6-16(11-15)13-19-9-10-20-8-4-7-17(20)14-19/h3,5-6,11,17-18H,2,4,7-10,12-14H2,1H3. The van der Waals surface area contributed by atoms with Gasteiger partial charge in [-0.3, -0.25) is 9.80 Å². The monoisotopic (exact) mass is 273 g/mol. The Balaban J connectivity index is 1.57. The Morgan fingerprint density at radius 2 is 2.10 bits per heavy atom. The Morgan fingerprint density at radius 1 is 1.20 bits per heavy atom. The van der Waals surface area contributed by atoms with Crippen LogP contribution in [0.1, 0.15) is 30.9 Å². The normalized spacial score (nSPS) is 23.9. The van der Waals surface area contributed by atoms with E-state index in [1.807, 2.05) is 0 Å². The molecule has 0 amide bonds. The Kier molecular flexibility index (Phi) is 4.71. The zero-order valence-electron chi connectivity index (χ0n) is 12.6. The van der Waals surface area contributed by atoms with Crippen LogP contribution in [0.5, 0.6) is 0 Å². The minimum atomic E-state index is 0.827. The van der Waals surface area contributed by atoms with Crippen LogP contribution in [0, 0.1) is 0 Å². The van der Waals surface area contributed by atoms with E-state index in [9.17, 15) is 0 Å². The lowest BCUT2D eigenvalue weighted by atomic mass is 10.1. The first-order valence-corrected chi connectivity index (χ1v) is 8.10. The van der Waals surface area contributed by atoms with Gasteiger partial charge in [-0.2, -0.15) is 0 Å². The van der Waals surface area contributed by atoms with Crippen LogP contribution in [-0.4, -0.2) is 48.6 Å². The molecule has 1 unspecified atom stereocenters. The summed E-state index contributed by atoms with van der Waals surface area (Å²) in [6.07, 6.45) is 2.80. The van der Waals surface area contributed by atoms with Crippen LogP contribution in [0.4, 0.5) is 0 Å². The lowest BCUT2D eigenvalue weighted by molar-refractivity contribution is 0.0993. The fraction of sp³-hybridized carbons (Fsp3) is 0.647. The first-order chi connectivity index (χ1) is 9.85. The number of nitrogens with zero attached hydrogens (tertiary/aromatic N) is 2. The van der Waals surface area contributed by atoms with E-state index in [0.29, 0.717) is 0 Å². The van der Waals surface area contributed by atoms with Gasteiger partial charge in [0.25, 0.3) is 0 Å². The molecule has 0 aliphatic carbocycles. The molecule has 110 valence electrons. The summed E-state index contributed by atoms with van der Waals surface area (Å²) in [6.45, 7) is 10.4. The number of benzene rings is 1. The summed E-state index contributed by atoms with van der Waals surface area (Å²) in [4.78, 5) is 5.32. The van der Waals surface area contributed by atoms with Crippen molar-refractivity contribution in [1.29, 1.82) is 0 Å². The molecule has 1 N–H and O–H groups in total. The van der Waals surface area contributed by atoms with E-state index in [2.05, 4.69) is 46.3 Å². The zero-order valence-corrected chi connectivity index (χ0v) is 12.6. The Bertz CT molecular complexity index is 432. The third-order valence-electron chi connectivity index (χ3n) is 4.65. The number of piperazine rings is 1. The van der Waals surface area contributed by atoms with Gasteiger partial charge in [-0.05, 0) is 37.1 Å². The number of nitrogens with one attached hydrogen (secondary N) is 1. The molecular formula is C17H27N3. The van der Waals surface area contributed by atoms with Crippen LogP contribution in [0.2, 0.25) is 0 Å². The molecule has 2 aliphatic heterocycles. The number of rotatable bonds is 5. The molecule has 1 atom stereocenters. The molecule has 2 heterocycles. The lowest BCUT2D eigenvalue weighted by Gasteiger charge is -2.37. The second kappa shape index (κ2) is 6.70. The molecule has 1 aromatic carbocycles. The van der Waals surface area contributed by atoms with E-state index in [-0.39, 0.29) is 0 Å². The van der Waals surface area contributed by atoms with Crippen molar-refractivity contribution < 1.29 is 0 Å². The zero-order chi connectivity index (χ0) is 13.8. The van der Waals surface area contributed by atoms with Gasteiger partial charge in [-0.1, -0.05) is 31.2 Å². The van der Waals surface area contributed by atoms with E-state index < -0.39 is 0 Å². The highest BCUT2D eigenvalue weighted by molar-refractivity contribution is 5.23. The van der Waals surface area contributed by atoms with Crippen LogP contribution in [0.3, 0.4) is 0 Å². The topological polar surface area (TPSA) is 18.5 Å². The molecule has 3 nitrogen and oxygen atoms in total. The molecule has 0 aromatic heterocycles. The van der Waals surface area contributed by atoms with E-state index >= 15 is 0 Å². The van der Waals surface area contributed by atoms with E-state index in [1.54, 1.807) is 0 Å². The smallest absolute Gasteiger partial charge is 0.0235 e. The Labute approximate surface area is 123 Å². The van der Waals surface area contributed by atoms with Gasteiger partial charge < -0.3 is 5.32 Å². The van der Waals surface area contributed by atoms with Crippen LogP contribution in [-0.2, 0) is 13.1 Å². The lowest BCUT2D eigenvalue weighted by Crippen LogP contribution is -2.49. The number of fused-ring (bicyclic) bond motifs is 1. The quantitative estimate of drug-likeness (QED) is 0.886. The SMILES string of the molecule is CCNCc1cccc(CN2CCN3CCCC3C2)c1. The molecular weight excluding hydrogens is 246 g/mol. The second-order valence-electron chi connectivity index (χ2n) is 6.17. The highest BCUT2D eigenvalue weighted by Gasteiger charge is 2.30. The minimum absolute atomic E-state index is 0.827. The van der Waals surface area contributed by atoms with Crippen LogP contribution in [0.25, 0.3) is 0 Å². The van der Waals surface area contributed by atoms with E-state index in [1.165, 1.54) is 50.1 Å². The molecule has 3 heteroatoms. The average Bonchev–Trinajstić information content (AvgIpc) is 2.93. The van der Waals surface area contributed by atoms with E-state index in [0.717, 1.165) is 25.7 Å². The summed E-state index contributed by atoms with van der Waals surface area (Å²) >= 11 is 0. The van der Waals surface area contributed by atoms with Gasteiger partial charge in [0.1, 0.15) is 0 Å². The first kappa shape index (κ1) is 14.1. The molecule has 2 saturated heterocycles. The number of hydrogen-bond donors (Lipinski definition) is 1. The first-order valence-electron chi connectivity index (χ1n) is 8.10. The maximum atomic E-state index is 3.41. The maximum Gasteiger partial charge on any atom is 0.0235 e. The van der Waals surface area contributed by atoms with Crippen molar-refractivity contribution in [3.63, 3.8) is 0 Å². The summed E-state index contributed by atoms with van der Waals surface area (Å²) in [5, 5.41) is 3.41. The third-order valence-corrected chi connectivity index (χ3v) is 4.65. The highest BCUT2D eigenvalue weighted by atomic mass is 15.3. The summed E-state index contributed by atoms with van der Waals surface area (Å²) in [5.41, 5.74) is 2.87. The molecule has 0 radical (unpaired) electrons. The van der Waals surface area contributed by atoms with Gasteiger partial charge in [0, 0.05) is 38.8 Å². The van der Waals surface area contributed by atoms with Crippen molar-refractivity contribution in [2.24, 2.45) is 0 Å². The van der Waals surface area contributed by atoms with Gasteiger partial charge in [-0.25, -0.2) is 0 Å².